The van der Waals surface area contributed by atoms with Crippen molar-refractivity contribution in [2.45, 2.75) is 12.3 Å². The molecular formula is C12H14F3N3O3. The zero-order valence-corrected chi connectivity index (χ0v) is 11.0. The van der Waals surface area contributed by atoms with Crippen LogP contribution >= 0.6 is 0 Å². The molecule has 1 unspecified atom stereocenters. The van der Waals surface area contributed by atoms with Gasteiger partial charge in [0.05, 0.1) is 17.6 Å². The highest BCUT2D eigenvalue weighted by atomic mass is 19.4. The summed E-state index contributed by atoms with van der Waals surface area (Å²) >= 11 is 0. The zero-order chi connectivity index (χ0) is 15.6. The van der Waals surface area contributed by atoms with Gasteiger partial charge in [0.2, 0.25) is 0 Å². The van der Waals surface area contributed by atoms with E-state index >= 15 is 0 Å². The van der Waals surface area contributed by atoms with Gasteiger partial charge in [-0.05, 0) is 12.1 Å². The molecule has 1 atom stereocenters. The Labute approximate surface area is 118 Å². The molecule has 2 rings (SSSR count). The Hall–Kier alpha value is -1.87. The van der Waals surface area contributed by atoms with Gasteiger partial charge >= 0.3 is 6.18 Å². The average molecular weight is 305 g/mol. The van der Waals surface area contributed by atoms with E-state index in [2.05, 4.69) is 0 Å². The first-order valence-corrected chi connectivity index (χ1v) is 6.25. The van der Waals surface area contributed by atoms with Crippen LogP contribution in [0.2, 0.25) is 0 Å². The third-order valence-corrected chi connectivity index (χ3v) is 3.25. The maximum Gasteiger partial charge on any atom is 0.423 e. The molecule has 0 spiro atoms. The molecule has 1 aromatic rings. The van der Waals surface area contributed by atoms with Gasteiger partial charge in [0.1, 0.15) is 5.56 Å². The highest BCUT2D eigenvalue weighted by molar-refractivity contribution is 5.57. The number of ether oxygens (including phenoxy) is 1. The van der Waals surface area contributed by atoms with Crippen LogP contribution < -0.4 is 10.6 Å². The second-order valence-electron chi connectivity index (χ2n) is 4.63. The van der Waals surface area contributed by atoms with Crippen LogP contribution in [-0.4, -0.2) is 37.3 Å². The lowest BCUT2D eigenvalue weighted by Crippen LogP contribution is -2.45. The number of alkyl halides is 3. The standard InChI is InChI=1S/C12H14F3N3O3/c13-12(14,15)10-5-8(1-2-11(10)18(19)20)17-3-4-21-9(6-16)7-17/h1-2,5,9H,3-4,6-7,16H2. The molecule has 1 aliphatic heterocycles. The predicted molar refractivity (Wildman–Crippen MR) is 69.1 cm³/mol. The fourth-order valence-electron chi connectivity index (χ4n) is 2.20. The SMILES string of the molecule is NCC1CN(c2ccc([N+](=O)[O-])c(C(F)(F)F)c2)CCO1. The molecule has 0 radical (unpaired) electrons. The number of nitrogens with zero attached hydrogens (tertiary/aromatic N) is 2. The Bertz CT molecular complexity index is 536. The van der Waals surface area contributed by atoms with Crippen LogP contribution in [0.1, 0.15) is 5.56 Å². The van der Waals surface area contributed by atoms with Gasteiger partial charge < -0.3 is 15.4 Å². The van der Waals surface area contributed by atoms with Gasteiger partial charge in [-0.25, -0.2) is 0 Å². The second-order valence-corrected chi connectivity index (χ2v) is 4.63. The lowest BCUT2D eigenvalue weighted by atomic mass is 10.1. The fourth-order valence-corrected chi connectivity index (χ4v) is 2.20. The number of hydrogen-bond acceptors (Lipinski definition) is 5. The van der Waals surface area contributed by atoms with E-state index in [-0.39, 0.29) is 18.3 Å². The molecule has 116 valence electrons. The van der Waals surface area contributed by atoms with E-state index in [1.54, 1.807) is 4.90 Å². The maximum absolute atomic E-state index is 12.9. The summed E-state index contributed by atoms with van der Waals surface area (Å²) in [6, 6.07) is 2.99. The smallest absolute Gasteiger partial charge is 0.373 e. The first-order chi connectivity index (χ1) is 9.82. The lowest BCUT2D eigenvalue weighted by molar-refractivity contribution is -0.388. The van der Waals surface area contributed by atoms with Crippen LogP contribution in [0.3, 0.4) is 0 Å². The van der Waals surface area contributed by atoms with Gasteiger partial charge in [-0.2, -0.15) is 13.2 Å². The molecule has 21 heavy (non-hydrogen) atoms. The molecule has 2 N–H and O–H groups in total. The van der Waals surface area contributed by atoms with Gasteiger partial charge in [-0.3, -0.25) is 10.1 Å². The third-order valence-electron chi connectivity index (χ3n) is 3.25. The summed E-state index contributed by atoms with van der Waals surface area (Å²) in [4.78, 5) is 11.4. The summed E-state index contributed by atoms with van der Waals surface area (Å²) in [5.74, 6) is 0. The number of hydrogen-bond donors (Lipinski definition) is 1. The highest BCUT2D eigenvalue weighted by Crippen LogP contribution is 2.38. The summed E-state index contributed by atoms with van der Waals surface area (Å²) < 4.78 is 44.1. The van der Waals surface area contributed by atoms with Crippen LogP contribution in [0.15, 0.2) is 18.2 Å². The van der Waals surface area contributed by atoms with Crippen molar-refractivity contribution in [3.63, 3.8) is 0 Å². The van der Waals surface area contributed by atoms with Crippen molar-refractivity contribution in [3.8, 4) is 0 Å². The van der Waals surface area contributed by atoms with Crippen molar-refractivity contribution in [1.29, 1.82) is 0 Å². The number of nitro benzene ring substituents is 1. The average Bonchev–Trinajstić information content (AvgIpc) is 2.45. The summed E-state index contributed by atoms with van der Waals surface area (Å²) in [7, 11) is 0. The lowest BCUT2D eigenvalue weighted by Gasteiger charge is -2.34. The van der Waals surface area contributed by atoms with Gasteiger partial charge in [-0.15, -0.1) is 0 Å². The van der Waals surface area contributed by atoms with Crippen LogP contribution in [0.25, 0.3) is 0 Å². The normalized spacial score (nSPS) is 19.6. The number of nitro groups is 1. The van der Waals surface area contributed by atoms with Crippen molar-refractivity contribution >= 4 is 11.4 Å². The Morgan fingerprint density at radius 2 is 2.19 bits per heavy atom. The van der Waals surface area contributed by atoms with Gasteiger partial charge in [0, 0.05) is 31.4 Å². The molecule has 1 fully saturated rings. The second kappa shape index (κ2) is 5.86. The predicted octanol–water partition coefficient (Wildman–Crippen LogP) is 1.78. The van der Waals surface area contributed by atoms with E-state index in [1.165, 1.54) is 6.07 Å². The number of halogens is 3. The number of rotatable bonds is 3. The molecule has 0 amide bonds. The monoisotopic (exact) mass is 305 g/mol. The van der Waals surface area contributed by atoms with Gasteiger partial charge in [0.15, 0.2) is 0 Å². The van der Waals surface area contributed by atoms with Crippen LogP contribution in [0.4, 0.5) is 24.5 Å². The fraction of sp³-hybridized carbons (Fsp3) is 0.500. The van der Waals surface area contributed by atoms with Crippen LogP contribution in [0.5, 0.6) is 0 Å². The molecule has 1 heterocycles. The van der Waals surface area contributed by atoms with Crippen molar-refractivity contribution in [2.75, 3.05) is 31.1 Å². The minimum Gasteiger partial charge on any atom is -0.373 e. The molecule has 0 saturated carbocycles. The summed E-state index contributed by atoms with van der Waals surface area (Å²) in [5, 5.41) is 10.7. The first kappa shape index (κ1) is 15.5. The summed E-state index contributed by atoms with van der Waals surface area (Å²) in [6.45, 7) is 1.37. The Balaban J connectivity index is 2.35. The van der Waals surface area contributed by atoms with E-state index in [4.69, 9.17) is 10.5 Å². The molecule has 1 aromatic carbocycles. The minimum atomic E-state index is -4.78. The highest BCUT2D eigenvalue weighted by Gasteiger charge is 2.39. The molecule has 0 bridgehead atoms. The number of benzene rings is 1. The van der Waals surface area contributed by atoms with E-state index in [0.29, 0.717) is 19.7 Å². The quantitative estimate of drug-likeness (QED) is 0.680. The molecule has 9 heteroatoms. The molecule has 0 aliphatic carbocycles. The third kappa shape index (κ3) is 3.42. The van der Waals surface area contributed by atoms with Crippen molar-refractivity contribution < 1.29 is 22.8 Å². The van der Waals surface area contributed by atoms with Crippen molar-refractivity contribution in [2.24, 2.45) is 5.73 Å². The van der Waals surface area contributed by atoms with E-state index in [0.717, 1.165) is 12.1 Å². The molecule has 6 nitrogen and oxygen atoms in total. The topological polar surface area (TPSA) is 81.6 Å². The maximum atomic E-state index is 12.9. The van der Waals surface area contributed by atoms with Crippen LogP contribution in [0, 0.1) is 10.1 Å². The minimum absolute atomic E-state index is 0.260. The zero-order valence-electron chi connectivity index (χ0n) is 11.0. The summed E-state index contributed by atoms with van der Waals surface area (Å²) in [5.41, 5.74) is 3.56. The number of nitrogens with two attached hydrogens (primary N) is 1. The van der Waals surface area contributed by atoms with Crippen LogP contribution in [-0.2, 0) is 10.9 Å². The number of morpholine rings is 1. The first-order valence-electron chi connectivity index (χ1n) is 6.25. The van der Waals surface area contributed by atoms with Gasteiger partial charge in [-0.1, -0.05) is 0 Å². The van der Waals surface area contributed by atoms with Crippen molar-refractivity contribution in [3.05, 3.63) is 33.9 Å². The van der Waals surface area contributed by atoms with E-state index in [9.17, 15) is 23.3 Å². The largest absolute Gasteiger partial charge is 0.423 e. The van der Waals surface area contributed by atoms with E-state index in [1.807, 2.05) is 0 Å². The molecule has 1 aliphatic rings. The summed E-state index contributed by atoms with van der Waals surface area (Å²) in [6.07, 6.45) is -5.04. The van der Waals surface area contributed by atoms with E-state index < -0.39 is 22.4 Å². The molecule has 0 aromatic heterocycles. The molecule has 1 saturated heterocycles. The Morgan fingerprint density at radius 3 is 2.76 bits per heavy atom. The molecular weight excluding hydrogens is 291 g/mol. The van der Waals surface area contributed by atoms with Gasteiger partial charge in [0.25, 0.3) is 5.69 Å². The number of anilines is 1. The Kier molecular flexibility index (Phi) is 4.33. The Morgan fingerprint density at radius 1 is 1.48 bits per heavy atom. The van der Waals surface area contributed by atoms with Crippen molar-refractivity contribution in [1.82, 2.24) is 0 Å².